The summed E-state index contributed by atoms with van der Waals surface area (Å²) in [7, 11) is 0. The van der Waals surface area contributed by atoms with Crippen LogP contribution in [0.25, 0.3) is 22.1 Å². The summed E-state index contributed by atoms with van der Waals surface area (Å²) in [5.74, 6) is -0.145. The molecule has 0 aliphatic rings. The summed E-state index contributed by atoms with van der Waals surface area (Å²) >= 11 is 0. The van der Waals surface area contributed by atoms with Crippen LogP contribution < -0.4 is 16.1 Å². The van der Waals surface area contributed by atoms with Crippen LogP contribution >= 0.6 is 0 Å². The Morgan fingerprint density at radius 1 is 1.17 bits per heavy atom. The van der Waals surface area contributed by atoms with E-state index in [-0.39, 0.29) is 6.61 Å². The average Bonchev–Trinajstić information content (AvgIpc) is 2.53. The topological polar surface area (TPSA) is 82.5 Å². The molecule has 0 spiro atoms. The molecule has 3 aromatic rings. The van der Waals surface area contributed by atoms with Gasteiger partial charge in [0.15, 0.2) is 6.61 Å². The summed E-state index contributed by atoms with van der Waals surface area (Å²) in [5, 5.41) is 0.815. The number of aryl methyl sites for hydroxylation is 1. The van der Waals surface area contributed by atoms with E-state index >= 15 is 0 Å². The summed E-state index contributed by atoms with van der Waals surface area (Å²) in [5.41, 5.74) is 7.25. The predicted octanol–water partition coefficient (Wildman–Crippen LogP) is 2.63. The Bertz CT molecular complexity index is 929. The number of amides is 1. The Hall–Kier alpha value is -3.08. The number of nitrogens with two attached hydrogens (primary N) is 1. The maximum Gasteiger partial charge on any atom is 0.344 e. The normalized spacial score (nSPS) is 10.7. The third kappa shape index (κ3) is 2.94. The van der Waals surface area contributed by atoms with Gasteiger partial charge in [0.25, 0.3) is 5.91 Å². The van der Waals surface area contributed by atoms with Gasteiger partial charge in [-0.05, 0) is 30.2 Å². The van der Waals surface area contributed by atoms with Crippen LogP contribution in [-0.4, -0.2) is 12.5 Å². The molecule has 1 amide bonds. The average molecular weight is 309 g/mol. The second-order valence-electron chi connectivity index (χ2n) is 5.17. The molecule has 0 saturated carbocycles. The van der Waals surface area contributed by atoms with Crippen LogP contribution in [0.4, 0.5) is 0 Å². The molecule has 0 saturated heterocycles. The molecule has 0 aliphatic carbocycles. The molecule has 0 aliphatic heterocycles. The van der Waals surface area contributed by atoms with Crippen molar-refractivity contribution < 1.29 is 13.9 Å². The van der Waals surface area contributed by atoms with Crippen molar-refractivity contribution in [3.63, 3.8) is 0 Å². The van der Waals surface area contributed by atoms with E-state index in [2.05, 4.69) is 0 Å². The monoisotopic (exact) mass is 309 g/mol. The highest BCUT2D eigenvalue weighted by atomic mass is 16.5. The molecule has 2 aromatic carbocycles. The second kappa shape index (κ2) is 5.96. The van der Waals surface area contributed by atoms with Crippen molar-refractivity contribution in [1.82, 2.24) is 0 Å². The van der Waals surface area contributed by atoms with Gasteiger partial charge in [0.1, 0.15) is 11.3 Å². The first kappa shape index (κ1) is 14.8. The van der Waals surface area contributed by atoms with Gasteiger partial charge >= 0.3 is 5.63 Å². The Kier molecular flexibility index (Phi) is 3.85. The third-order valence-corrected chi connectivity index (χ3v) is 3.58. The van der Waals surface area contributed by atoms with Gasteiger partial charge in [-0.15, -0.1) is 0 Å². The summed E-state index contributed by atoms with van der Waals surface area (Å²) < 4.78 is 10.7. The lowest BCUT2D eigenvalue weighted by Gasteiger charge is -2.09. The lowest BCUT2D eigenvalue weighted by atomic mass is 10.00. The molecule has 0 unspecified atom stereocenters. The van der Waals surface area contributed by atoms with Gasteiger partial charge in [-0.1, -0.05) is 30.3 Å². The minimum atomic E-state index is -0.567. The number of rotatable bonds is 4. The summed E-state index contributed by atoms with van der Waals surface area (Å²) in [4.78, 5) is 23.1. The van der Waals surface area contributed by atoms with Gasteiger partial charge in [-0.25, -0.2) is 4.79 Å². The van der Waals surface area contributed by atoms with Crippen LogP contribution in [-0.2, 0) is 4.79 Å². The van der Waals surface area contributed by atoms with Gasteiger partial charge in [-0.3, -0.25) is 4.79 Å². The molecule has 0 atom stereocenters. The molecule has 3 rings (SSSR count). The first-order chi connectivity index (χ1) is 11.1. The molecule has 23 heavy (non-hydrogen) atoms. The van der Waals surface area contributed by atoms with Gasteiger partial charge < -0.3 is 14.9 Å². The fourth-order valence-corrected chi connectivity index (χ4v) is 2.52. The number of primary amides is 1. The van der Waals surface area contributed by atoms with Gasteiger partial charge in [-0.2, -0.15) is 0 Å². The van der Waals surface area contributed by atoms with E-state index in [1.165, 1.54) is 0 Å². The first-order valence-corrected chi connectivity index (χ1v) is 7.10. The van der Waals surface area contributed by atoms with Gasteiger partial charge in [0.2, 0.25) is 0 Å². The molecule has 0 radical (unpaired) electrons. The number of carbonyl (C=O) groups excluding carboxylic acids is 1. The molecule has 1 aromatic heterocycles. The van der Waals surface area contributed by atoms with Crippen LogP contribution in [0, 0.1) is 6.92 Å². The third-order valence-electron chi connectivity index (χ3n) is 3.58. The molecular formula is C18H15NO4. The van der Waals surface area contributed by atoms with E-state index < -0.39 is 11.5 Å². The Balaban J connectivity index is 2.12. The second-order valence-corrected chi connectivity index (χ2v) is 5.17. The maximum atomic E-state index is 12.4. The number of hydrogen-bond donors (Lipinski definition) is 1. The largest absolute Gasteiger partial charge is 0.484 e. The quantitative estimate of drug-likeness (QED) is 0.751. The zero-order valence-corrected chi connectivity index (χ0v) is 12.5. The standard InChI is InChI=1S/C18H15NO4/c1-11-14-8-7-13(22-10-16(19)20)9-15(14)23-18(21)17(11)12-5-3-2-4-6-12/h2-9H,10H2,1H3,(H2,19,20). The molecule has 2 N–H and O–H groups in total. The lowest BCUT2D eigenvalue weighted by molar-refractivity contribution is -0.119. The Morgan fingerprint density at radius 3 is 2.61 bits per heavy atom. The zero-order chi connectivity index (χ0) is 16.4. The Morgan fingerprint density at radius 2 is 1.91 bits per heavy atom. The number of ether oxygens (including phenoxy) is 1. The number of carbonyl (C=O) groups is 1. The SMILES string of the molecule is Cc1c(-c2ccccc2)c(=O)oc2cc(OCC(N)=O)ccc12. The Labute approximate surface area is 132 Å². The van der Waals surface area contributed by atoms with Crippen molar-refractivity contribution in [2.24, 2.45) is 5.73 Å². The molecular weight excluding hydrogens is 294 g/mol. The molecule has 0 bridgehead atoms. The molecule has 5 nitrogen and oxygen atoms in total. The van der Waals surface area contributed by atoms with Crippen molar-refractivity contribution in [2.75, 3.05) is 6.61 Å². The van der Waals surface area contributed by atoms with E-state index in [1.807, 2.05) is 37.3 Å². The summed E-state index contributed by atoms with van der Waals surface area (Å²) in [6.07, 6.45) is 0. The minimum Gasteiger partial charge on any atom is -0.484 e. The number of fused-ring (bicyclic) bond motifs is 1. The predicted molar refractivity (Wildman–Crippen MR) is 87.3 cm³/mol. The highest BCUT2D eigenvalue weighted by molar-refractivity contribution is 5.87. The highest BCUT2D eigenvalue weighted by Gasteiger charge is 2.13. The minimum absolute atomic E-state index is 0.225. The van der Waals surface area contributed by atoms with E-state index in [4.69, 9.17) is 14.9 Å². The molecule has 116 valence electrons. The smallest absolute Gasteiger partial charge is 0.344 e. The molecule has 1 heterocycles. The van der Waals surface area contributed by atoms with E-state index in [9.17, 15) is 9.59 Å². The van der Waals surface area contributed by atoms with Crippen molar-refractivity contribution in [2.45, 2.75) is 6.92 Å². The molecule has 0 fully saturated rings. The number of benzene rings is 2. The van der Waals surface area contributed by atoms with Crippen LogP contribution in [0.3, 0.4) is 0 Å². The van der Waals surface area contributed by atoms with Crippen LogP contribution in [0.2, 0.25) is 0 Å². The fourth-order valence-electron chi connectivity index (χ4n) is 2.52. The van der Waals surface area contributed by atoms with Crippen molar-refractivity contribution >= 4 is 16.9 Å². The summed E-state index contributed by atoms with van der Waals surface area (Å²) in [6, 6.07) is 14.5. The number of hydrogen-bond acceptors (Lipinski definition) is 4. The van der Waals surface area contributed by atoms with E-state index in [1.54, 1.807) is 18.2 Å². The highest BCUT2D eigenvalue weighted by Crippen LogP contribution is 2.28. The van der Waals surface area contributed by atoms with E-state index in [0.29, 0.717) is 16.9 Å². The van der Waals surface area contributed by atoms with Crippen LogP contribution in [0.15, 0.2) is 57.7 Å². The fraction of sp³-hybridized carbons (Fsp3) is 0.111. The maximum absolute atomic E-state index is 12.4. The van der Waals surface area contributed by atoms with Crippen molar-refractivity contribution in [3.8, 4) is 16.9 Å². The summed E-state index contributed by atoms with van der Waals surface area (Å²) in [6.45, 7) is 1.66. The van der Waals surface area contributed by atoms with E-state index in [0.717, 1.165) is 16.5 Å². The van der Waals surface area contributed by atoms with Crippen LogP contribution in [0.5, 0.6) is 5.75 Å². The van der Waals surface area contributed by atoms with Crippen molar-refractivity contribution in [1.29, 1.82) is 0 Å². The first-order valence-electron chi connectivity index (χ1n) is 7.10. The van der Waals surface area contributed by atoms with Crippen molar-refractivity contribution in [3.05, 3.63) is 64.5 Å². The zero-order valence-electron chi connectivity index (χ0n) is 12.5. The molecule has 5 heteroatoms. The van der Waals surface area contributed by atoms with Gasteiger partial charge in [0.05, 0.1) is 5.56 Å². The van der Waals surface area contributed by atoms with Crippen LogP contribution in [0.1, 0.15) is 5.56 Å². The van der Waals surface area contributed by atoms with Gasteiger partial charge in [0, 0.05) is 11.5 Å². The lowest BCUT2D eigenvalue weighted by Crippen LogP contribution is -2.20.